The highest BCUT2D eigenvalue weighted by Gasteiger charge is 2.26. The van der Waals surface area contributed by atoms with Gasteiger partial charge in [0.05, 0.1) is 30.8 Å². The summed E-state index contributed by atoms with van der Waals surface area (Å²) in [4.78, 5) is 27.4. The van der Waals surface area contributed by atoms with Gasteiger partial charge in [0.2, 0.25) is 11.8 Å². The van der Waals surface area contributed by atoms with Crippen LogP contribution in [0, 0.1) is 17.1 Å². The monoisotopic (exact) mass is 572 g/mol. The summed E-state index contributed by atoms with van der Waals surface area (Å²) in [6, 6.07) is 14.6. The summed E-state index contributed by atoms with van der Waals surface area (Å²) < 4.78 is 33.6. The number of pyridine rings is 2. The predicted molar refractivity (Wildman–Crippen MR) is 147 cm³/mol. The molecule has 1 aromatic carbocycles. The number of fused-ring (bicyclic) bond motifs is 1. The molecule has 0 radical (unpaired) electrons. The minimum atomic E-state index is -1.07. The van der Waals surface area contributed by atoms with Gasteiger partial charge in [-0.3, -0.25) is 4.90 Å². The first kappa shape index (κ1) is 27.6. The van der Waals surface area contributed by atoms with Gasteiger partial charge in [-0.05, 0) is 43.5 Å². The second-order valence-electron chi connectivity index (χ2n) is 10.4. The van der Waals surface area contributed by atoms with Crippen molar-refractivity contribution in [3.63, 3.8) is 0 Å². The van der Waals surface area contributed by atoms with E-state index in [4.69, 9.17) is 24.5 Å². The molecule has 0 bridgehead atoms. The molecule has 11 nitrogen and oxygen atoms in total. The number of hydrogen-bond donors (Lipinski definition) is 1. The summed E-state index contributed by atoms with van der Waals surface area (Å²) in [7, 11) is 0. The molecule has 0 spiro atoms. The zero-order chi connectivity index (χ0) is 29.1. The average molecular weight is 573 g/mol. The van der Waals surface area contributed by atoms with Gasteiger partial charge in [-0.1, -0.05) is 12.1 Å². The molecule has 0 saturated carbocycles. The summed E-state index contributed by atoms with van der Waals surface area (Å²) in [5.74, 6) is 0.0260. The van der Waals surface area contributed by atoms with Crippen LogP contribution in [0.4, 0.5) is 4.39 Å². The van der Waals surface area contributed by atoms with E-state index >= 15 is 0 Å². The van der Waals surface area contributed by atoms with E-state index in [-0.39, 0.29) is 30.1 Å². The van der Waals surface area contributed by atoms with Crippen molar-refractivity contribution in [1.29, 1.82) is 5.26 Å². The van der Waals surface area contributed by atoms with Crippen LogP contribution in [-0.2, 0) is 24.4 Å². The molecule has 6 rings (SSSR count). The molecule has 2 aliphatic heterocycles. The van der Waals surface area contributed by atoms with Gasteiger partial charge in [0, 0.05) is 37.4 Å². The molecule has 216 valence electrons. The zero-order valence-electron chi connectivity index (χ0n) is 22.8. The van der Waals surface area contributed by atoms with Crippen LogP contribution in [0.2, 0.25) is 0 Å². The Bertz CT molecular complexity index is 1640. The van der Waals surface area contributed by atoms with Crippen LogP contribution in [0.5, 0.6) is 11.8 Å². The standard InChI is InChI=1S/C30H29FN6O5/c31-23-14-19(15-32)4-5-20(23)18-41-27-2-1-3-28(35-27)42-21-8-11-36(12-9-21)17-26-33-24-6-7-25(30(38)39)34-29(24)37(26)16-22-10-13-40-22/h1-7,14,21-22H,8-13,16-18H2,(H,38,39)/t22-/m0/s1. The second-order valence-corrected chi connectivity index (χ2v) is 10.4. The number of carbonyl (C=O) groups is 1. The van der Waals surface area contributed by atoms with Gasteiger partial charge in [-0.25, -0.2) is 19.2 Å². The van der Waals surface area contributed by atoms with Crippen molar-refractivity contribution in [2.24, 2.45) is 0 Å². The lowest BCUT2D eigenvalue weighted by atomic mass is 10.1. The van der Waals surface area contributed by atoms with E-state index in [9.17, 15) is 14.3 Å². The Morgan fingerprint density at radius 1 is 1.10 bits per heavy atom. The fraction of sp³-hybridized carbons (Fsp3) is 0.367. The lowest BCUT2D eigenvalue weighted by molar-refractivity contribution is -0.0593. The first-order chi connectivity index (χ1) is 20.4. The molecule has 42 heavy (non-hydrogen) atoms. The molecular formula is C30H29FN6O5. The van der Waals surface area contributed by atoms with E-state index in [0.29, 0.717) is 41.6 Å². The highest BCUT2D eigenvalue weighted by atomic mass is 19.1. The van der Waals surface area contributed by atoms with Crippen LogP contribution >= 0.6 is 0 Å². The van der Waals surface area contributed by atoms with Crippen LogP contribution in [0.25, 0.3) is 11.2 Å². The Balaban J connectivity index is 1.06. The molecule has 1 N–H and O–H groups in total. The molecule has 0 amide bonds. The Morgan fingerprint density at radius 3 is 2.62 bits per heavy atom. The maximum atomic E-state index is 14.2. The highest BCUT2D eigenvalue weighted by Crippen LogP contribution is 2.24. The van der Waals surface area contributed by atoms with Crippen LogP contribution in [-0.4, -0.2) is 67.4 Å². The van der Waals surface area contributed by atoms with Crippen molar-refractivity contribution < 1.29 is 28.5 Å². The van der Waals surface area contributed by atoms with Crippen molar-refractivity contribution in [3.05, 3.63) is 77.0 Å². The van der Waals surface area contributed by atoms with Gasteiger partial charge < -0.3 is 23.9 Å². The average Bonchev–Trinajstić information content (AvgIpc) is 3.31. The van der Waals surface area contributed by atoms with Gasteiger partial charge in [0.15, 0.2) is 11.3 Å². The summed E-state index contributed by atoms with van der Waals surface area (Å²) in [6.45, 7) is 3.48. The number of aromatic carboxylic acids is 1. The van der Waals surface area contributed by atoms with Gasteiger partial charge in [0.1, 0.15) is 29.9 Å². The molecular weight excluding hydrogens is 543 g/mol. The SMILES string of the molecule is N#Cc1ccc(COc2cccc(OC3CCN(Cc4nc5ccc(C(=O)O)nc5n4C[C@@H]4CCO4)CC3)n2)c(F)c1. The van der Waals surface area contributed by atoms with E-state index in [1.807, 2.05) is 10.6 Å². The number of rotatable bonds is 10. The summed E-state index contributed by atoms with van der Waals surface area (Å²) in [6.07, 6.45) is 2.58. The Morgan fingerprint density at radius 2 is 1.90 bits per heavy atom. The lowest BCUT2D eigenvalue weighted by Crippen LogP contribution is -2.39. The van der Waals surface area contributed by atoms with Gasteiger partial charge in [0.25, 0.3) is 0 Å². The fourth-order valence-electron chi connectivity index (χ4n) is 5.10. The number of imidazole rings is 1. The molecule has 1 atom stereocenters. The number of likely N-dealkylation sites (tertiary alicyclic amines) is 1. The van der Waals surface area contributed by atoms with Crippen molar-refractivity contribution in [3.8, 4) is 17.8 Å². The second kappa shape index (κ2) is 12.1. The quantitative estimate of drug-likeness (QED) is 0.298. The number of hydrogen-bond acceptors (Lipinski definition) is 9. The number of nitrogens with zero attached hydrogens (tertiary/aromatic N) is 6. The van der Waals surface area contributed by atoms with Crippen LogP contribution in [0.1, 0.15) is 46.7 Å². The van der Waals surface area contributed by atoms with Gasteiger partial charge in [-0.15, -0.1) is 0 Å². The third-order valence-corrected chi connectivity index (χ3v) is 7.51. The number of carboxylic acids is 1. The molecule has 0 unspecified atom stereocenters. The highest BCUT2D eigenvalue weighted by molar-refractivity contribution is 5.88. The number of benzene rings is 1. The molecule has 0 aliphatic carbocycles. The topological polar surface area (TPSA) is 136 Å². The third kappa shape index (κ3) is 6.17. The van der Waals surface area contributed by atoms with E-state index < -0.39 is 11.8 Å². The maximum Gasteiger partial charge on any atom is 0.354 e. The first-order valence-corrected chi connectivity index (χ1v) is 13.8. The van der Waals surface area contributed by atoms with E-state index in [1.54, 1.807) is 30.3 Å². The van der Waals surface area contributed by atoms with Crippen molar-refractivity contribution >= 4 is 17.1 Å². The number of nitriles is 1. The van der Waals surface area contributed by atoms with Crippen LogP contribution in [0.3, 0.4) is 0 Å². The summed E-state index contributed by atoms with van der Waals surface area (Å²) in [5.41, 5.74) is 1.81. The van der Waals surface area contributed by atoms with E-state index in [1.165, 1.54) is 18.2 Å². The summed E-state index contributed by atoms with van der Waals surface area (Å²) in [5, 5.41) is 18.3. The number of halogens is 1. The number of carboxylic acid groups (broad SMARTS) is 1. The molecule has 2 aliphatic rings. The minimum absolute atomic E-state index is 0.00723. The Kier molecular flexibility index (Phi) is 7.94. The lowest BCUT2D eigenvalue weighted by Gasteiger charge is -2.32. The Hall–Kier alpha value is -4.60. The van der Waals surface area contributed by atoms with Gasteiger partial charge in [-0.2, -0.15) is 10.2 Å². The van der Waals surface area contributed by atoms with E-state index in [0.717, 1.165) is 44.8 Å². The normalized spacial score (nSPS) is 17.5. The largest absolute Gasteiger partial charge is 0.477 e. The fourth-order valence-corrected chi connectivity index (χ4v) is 5.10. The molecule has 4 aromatic rings. The zero-order valence-corrected chi connectivity index (χ0v) is 22.8. The molecule has 12 heteroatoms. The number of aromatic nitrogens is 4. The van der Waals surface area contributed by atoms with Crippen molar-refractivity contribution in [2.45, 2.75) is 51.2 Å². The van der Waals surface area contributed by atoms with Crippen molar-refractivity contribution in [1.82, 2.24) is 24.4 Å². The molecule has 5 heterocycles. The summed E-state index contributed by atoms with van der Waals surface area (Å²) >= 11 is 0. The van der Waals surface area contributed by atoms with Crippen LogP contribution in [0.15, 0.2) is 48.5 Å². The first-order valence-electron chi connectivity index (χ1n) is 13.8. The van der Waals surface area contributed by atoms with Crippen molar-refractivity contribution in [2.75, 3.05) is 19.7 Å². The van der Waals surface area contributed by atoms with E-state index in [2.05, 4.69) is 14.9 Å². The Labute approximate surface area is 241 Å². The third-order valence-electron chi connectivity index (χ3n) is 7.51. The molecule has 2 saturated heterocycles. The number of piperidine rings is 1. The maximum absolute atomic E-state index is 14.2. The predicted octanol–water partition coefficient (Wildman–Crippen LogP) is 3.95. The smallest absolute Gasteiger partial charge is 0.354 e. The van der Waals surface area contributed by atoms with Gasteiger partial charge >= 0.3 is 5.97 Å². The molecule has 3 aromatic heterocycles. The number of ether oxygens (including phenoxy) is 3. The molecule has 2 fully saturated rings. The van der Waals surface area contributed by atoms with Crippen LogP contribution < -0.4 is 9.47 Å². The minimum Gasteiger partial charge on any atom is -0.477 e.